The van der Waals surface area contributed by atoms with Gasteiger partial charge in [0.1, 0.15) is 0 Å². The van der Waals surface area contributed by atoms with Gasteiger partial charge in [-0.1, -0.05) is 0 Å². The zero-order valence-electron chi connectivity index (χ0n) is 5.47. The van der Waals surface area contributed by atoms with Crippen molar-refractivity contribution in [2.75, 3.05) is 5.32 Å². The van der Waals surface area contributed by atoms with E-state index in [9.17, 15) is 4.79 Å². The molecule has 0 aliphatic carbocycles. The Morgan fingerprint density at radius 2 is 2.09 bits per heavy atom. The molecule has 1 amide bonds. The third-order valence-corrected chi connectivity index (χ3v) is 2.71. The van der Waals surface area contributed by atoms with Crippen molar-refractivity contribution < 1.29 is 4.79 Å². The van der Waals surface area contributed by atoms with Crippen molar-refractivity contribution in [3.63, 3.8) is 0 Å². The van der Waals surface area contributed by atoms with Crippen molar-refractivity contribution >= 4 is 57.3 Å². The third kappa shape index (κ3) is 2.58. The Bertz CT molecular complexity index is 275. The smallest absolute Gasteiger partial charge is 0.211 e. The van der Waals surface area contributed by atoms with Crippen LogP contribution in [-0.4, -0.2) is 6.41 Å². The molecular weight excluding hydrogens is 368 g/mol. The lowest BCUT2D eigenvalue weighted by atomic mass is 10.3. The molecule has 2 nitrogen and oxygen atoms in total. The number of carbonyl (C=O) groups excluding carboxylic acids is 1. The lowest BCUT2D eigenvalue weighted by Gasteiger charge is -2.01. The maximum absolute atomic E-state index is 10.1. The van der Waals surface area contributed by atoms with Gasteiger partial charge in [0.25, 0.3) is 0 Å². The van der Waals surface area contributed by atoms with Crippen LogP contribution in [0.2, 0.25) is 0 Å². The number of halogens is 2. The summed E-state index contributed by atoms with van der Waals surface area (Å²) in [6.45, 7) is 0. The Morgan fingerprint density at radius 1 is 1.36 bits per heavy atom. The SMILES string of the molecule is O=CNc1ccc(I)cc1I. The summed E-state index contributed by atoms with van der Waals surface area (Å²) in [5, 5.41) is 2.61. The van der Waals surface area contributed by atoms with E-state index in [1.165, 1.54) is 3.57 Å². The monoisotopic (exact) mass is 373 g/mol. The first-order valence-electron chi connectivity index (χ1n) is 2.89. The minimum absolute atomic E-state index is 0.685. The molecule has 0 aliphatic heterocycles. The summed E-state index contributed by atoms with van der Waals surface area (Å²) in [5.41, 5.74) is 0.862. The topological polar surface area (TPSA) is 29.1 Å². The molecule has 1 aromatic carbocycles. The standard InChI is InChI=1S/C7H5I2NO/c8-5-1-2-7(10-4-11)6(9)3-5/h1-4H,(H,10,11). The molecule has 1 aromatic rings. The normalized spacial score (nSPS) is 9.27. The van der Waals surface area contributed by atoms with Crippen LogP contribution < -0.4 is 5.32 Å². The van der Waals surface area contributed by atoms with Gasteiger partial charge in [-0.15, -0.1) is 0 Å². The van der Waals surface area contributed by atoms with E-state index < -0.39 is 0 Å². The Morgan fingerprint density at radius 3 is 2.64 bits per heavy atom. The van der Waals surface area contributed by atoms with Crippen LogP contribution in [0.25, 0.3) is 0 Å². The quantitative estimate of drug-likeness (QED) is 0.627. The molecule has 0 aliphatic rings. The van der Waals surface area contributed by atoms with Gasteiger partial charge >= 0.3 is 0 Å². The largest absolute Gasteiger partial charge is 0.328 e. The first kappa shape index (κ1) is 9.24. The molecule has 1 rings (SSSR count). The molecule has 0 radical (unpaired) electrons. The van der Waals surface area contributed by atoms with Crippen molar-refractivity contribution in [2.45, 2.75) is 0 Å². The van der Waals surface area contributed by atoms with E-state index in [-0.39, 0.29) is 0 Å². The second-order valence-corrected chi connectivity index (χ2v) is 4.29. The maximum Gasteiger partial charge on any atom is 0.211 e. The Labute approximate surface area is 92.0 Å². The van der Waals surface area contributed by atoms with Crippen LogP contribution in [0.5, 0.6) is 0 Å². The molecule has 1 N–H and O–H groups in total. The number of hydrogen-bond donors (Lipinski definition) is 1. The van der Waals surface area contributed by atoms with Gasteiger partial charge in [-0.3, -0.25) is 4.79 Å². The molecular formula is C7H5I2NO. The van der Waals surface area contributed by atoms with Crippen molar-refractivity contribution in [1.29, 1.82) is 0 Å². The molecule has 0 fully saturated rings. The minimum Gasteiger partial charge on any atom is -0.328 e. The van der Waals surface area contributed by atoms with Gasteiger partial charge in [0.2, 0.25) is 6.41 Å². The Hall–Kier alpha value is 0.150. The van der Waals surface area contributed by atoms with E-state index in [1.807, 2.05) is 18.2 Å². The van der Waals surface area contributed by atoms with Crippen LogP contribution in [0.4, 0.5) is 5.69 Å². The minimum atomic E-state index is 0.685. The van der Waals surface area contributed by atoms with Crippen molar-refractivity contribution in [3.8, 4) is 0 Å². The van der Waals surface area contributed by atoms with Crippen LogP contribution in [-0.2, 0) is 4.79 Å². The zero-order valence-corrected chi connectivity index (χ0v) is 9.79. The summed E-state index contributed by atoms with van der Waals surface area (Å²) in [6, 6.07) is 5.85. The Balaban J connectivity index is 2.98. The lowest BCUT2D eigenvalue weighted by Crippen LogP contribution is -1.95. The number of amides is 1. The second-order valence-electron chi connectivity index (χ2n) is 1.89. The predicted molar refractivity (Wildman–Crippen MR) is 61.6 cm³/mol. The van der Waals surface area contributed by atoms with Gasteiger partial charge in [-0.05, 0) is 63.4 Å². The average Bonchev–Trinajstić information content (AvgIpc) is 1.95. The van der Waals surface area contributed by atoms with Gasteiger partial charge in [-0.25, -0.2) is 0 Å². The van der Waals surface area contributed by atoms with Crippen LogP contribution in [0.15, 0.2) is 18.2 Å². The molecule has 0 atom stereocenters. The van der Waals surface area contributed by atoms with E-state index in [1.54, 1.807) is 0 Å². The summed E-state index contributed by atoms with van der Waals surface area (Å²) in [5.74, 6) is 0. The van der Waals surface area contributed by atoms with E-state index in [4.69, 9.17) is 0 Å². The number of hydrogen-bond acceptors (Lipinski definition) is 1. The van der Waals surface area contributed by atoms with Gasteiger partial charge in [0.15, 0.2) is 0 Å². The van der Waals surface area contributed by atoms with E-state index in [2.05, 4.69) is 50.5 Å². The fourth-order valence-electron chi connectivity index (χ4n) is 0.670. The van der Waals surface area contributed by atoms with E-state index in [0.717, 1.165) is 9.26 Å². The number of rotatable bonds is 2. The van der Waals surface area contributed by atoms with Crippen molar-refractivity contribution in [1.82, 2.24) is 0 Å². The average molecular weight is 373 g/mol. The molecule has 0 saturated heterocycles. The van der Waals surface area contributed by atoms with Crippen molar-refractivity contribution in [2.24, 2.45) is 0 Å². The molecule has 4 heteroatoms. The van der Waals surface area contributed by atoms with Gasteiger partial charge < -0.3 is 5.32 Å². The third-order valence-electron chi connectivity index (χ3n) is 1.15. The molecule has 0 heterocycles. The highest BCUT2D eigenvalue weighted by atomic mass is 127. The summed E-state index contributed by atoms with van der Waals surface area (Å²) in [6.07, 6.45) is 0.685. The molecule has 0 saturated carbocycles. The van der Waals surface area contributed by atoms with E-state index >= 15 is 0 Å². The number of carbonyl (C=O) groups is 1. The van der Waals surface area contributed by atoms with Crippen LogP contribution in [0.1, 0.15) is 0 Å². The molecule has 0 unspecified atom stereocenters. The number of anilines is 1. The first-order valence-corrected chi connectivity index (χ1v) is 5.05. The highest BCUT2D eigenvalue weighted by molar-refractivity contribution is 14.1. The highest BCUT2D eigenvalue weighted by Gasteiger charge is 1.97. The molecule has 11 heavy (non-hydrogen) atoms. The lowest BCUT2D eigenvalue weighted by molar-refractivity contribution is -0.105. The summed E-state index contributed by atoms with van der Waals surface area (Å²) < 4.78 is 2.23. The van der Waals surface area contributed by atoms with Crippen molar-refractivity contribution in [3.05, 3.63) is 25.3 Å². The van der Waals surface area contributed by atoms with E-state index in [0.29, 0.717) is 6.41 Å². The number of benzene rings is 1. The molecule has 0 aromatic heterocycles. The molecule has 0 spiro atoms. The first-order chi connectivity index (χ1) is 5.24. The van der Waals surface area contributed by atoms with Gasteiger partial charge in [0, 0.05) is 7.14 Å². The zero-order chi connectivity index (χ0) is 8.27. The van der Waals surface area contributed by atoms with Gasteiger partial charge in [0.05, 0.1) is 5.69 Å². The second kappa shape index (κ2) is 4.24. The fourth-order valence-corrected chi connectivity index (χ4v) is 2.43. The summed E-state index contributed by atoms with van der Waals surface area (Å²) in [4.78, 5) is 10.1. The fraction of sp³-hybridized carbons (Fsp3) is 0. The molecule has 58 valence electrons. The van der Waals surface area contributed by atoms with Crippen LogP contribution in [0, 0.1) is 7.14 Å². The predicted octanol–water partition coefficient (Wildman–Crippen LogP) is 2.46. The number of nitrogens with one attached hydrogen (secondary N) is 1. The highest BCUT2D eigenvalue weighted by Crippen LogP contribution is 2.19. The Kier molecular flexibility index (Phi) is 3.57. The van der Waals surface area contributed by atoms with Gasteiger partial charge in [-0.2, -0.15) is 0 Å². The van der Waals surface area contributed by atoms with Crippen LogP contribution in [0.3, 0.4) is 0 Å². The summed E-state index contributed by atoms with van der Waals surface area (Å²) >= 11 is 4.41. The van der Waals surface area contributed by atoms with Crippen LogP contribution >= 0.6 is 45.2 Å². The summed E-state index contributed by atoms with van der Waals surface area (Å²) in [7, 11) is 0. The maximum atomic E-state index is 10.1. The molecule has 0 bridgehead atoms.